The highest BCUT2D eigenvalue weighted by molar-refractivity contribution is 5.96. The van der Waals surface area contributed by atoms with E-state index in [-0.39, 0.29) is 55.7 Å². The number of likely N-dealkylation sites (tertiary alicyclic amines) is 2. The number of hydrogen-bond donors (Lipinski definition) is 1. The number of fused-ring (bicyclic) bond motifs is 1. The topological polar surface area (TPSA) is 97.3 Å². The Bertz CT molecular complexity index is 1260. The van der Waals surface area contributed by atoms with E-state index in [9.17, 15) is 22.8 Å². The van der Waals surface area contributed by atoms with Gasteiger partial charge in [0.2, 0.25) is 5.91 Å². The molecule has 5 rings (SSSR count). The highest BCUT2D eigenvalue weighted by Crippen LogP contribution is 2.33. The summed E-state index contributed by atoms with van der Waals surface area (Å²) in [6, 6.07) is 8.66. The number of benzene rings is 1. The first-order valence-corrected chi connectivity index (χ1v) is 11.0. The molecule has 34 heavy (non-hydrogen) atoms. The van der Waals surface area contributed by atoms with Crippen LogP contribution in [0.15, 0.2) is 36.5 Å². The molecule has 0 saturated carbocycles. The molecule has 2 fully saturated rings. The van der Waals surface area contributed by atoms with Crippen molar-refractivity contribution in [3.05, 3.63) is 53.6 Å². The fraction of sp³-hybridized carbons (Fsp3) is 0.391. The molecule has 2 saturated heterocycles. The van der Waals surface area contributed by atoms with Crippen molar-refractivity contribution in [2.75, 3.05) is 31.9 Å². The quantitative estimate of drug-likeness (QED) is 0.630. The highest BCUT2D eigenvalue weighted by atomic mass is 19.3. The normalized spacial score (nSPS) is 18.2. The number of alkyl halides is 2. The van der Waals surface area contributed by atoms with Crippen LogP contribution in [-0.4, -0.2) is 68.5 Å². The minimum Gasteiger partial charge on any atom is -0.384 e. The summed E-state index contributed by atoms with van der Waals surface area (Å²) in [4.78, 5) is 32.0. The summed E-state index contributed by atoms with van der Waals surface area (Å²) in [6.45, 7) is 0.678. The average Bonchev–Trinajstić information content (AvgIpc) is 3.12. The van der Waals surface area contributed by atoms with Gasteiger partial charge in [-0.1, -0.05) is 18.2 Å². The number of carbonyl (C=O) groups excluding carboxylic acids is 2. The molecule has 178 valence electrons. The summed E-state index contributed by atoms with van der Waals surface area (Å²) in [7, 11) is 0. The Labute approximate surface area is 193 Å². The third-order valence-corrected chi connectivity index (χ3v) is 6.48. The lowest BCUT2D eigenvalue weighted by Gasteiger charge is -2.38. The first kappa shape index (κ1) is 22.2. The third-order valence-electron chi connectivity index (χ3n) is 6.48. The first-order valence-electron chi connectivity index (χ1n) is 11.0. The molecule has 8 nitrogen and oxygen atoms in total. The van der Waals surface area contributed by atoms with E-state index in [2.05, 4.69) is 10.1 Å². The van der Waals surface area contributed by atoms with Crippen LogP contribution < -0.4 is 5.73 Å². The van der Waals surface area contributed by atoms with Crippen molar-refractivity contribution >= 4 is 28.5 Å². The van der Waals surface area contributed by atoms with Crippen molar-refractivity contribution in [1.82, 2.24) is 24.6 Å². The van der Waals surface area contributed by atoms with Crippen LogP contribution in [0, 0.1) is 5.82 Å². The number of nitrogens with zero attached hydrogens (tertiary/aromatic N) is 5. The number of pyridine rings is 1. The number of hydrogen-bond acceptors (Lipinski definition) is 5. The van der Waals surface area contributed by atoms with E-state index >= 15 is 0 Å². The number of amides is 2. The van der Waals surface area contributed by atoms with E-state index in [1.807, 2.05) is 24.3 Å². The average molecular weight is 472 g/mol. The zero-order chi connectivity index (χ0) is 24.0. The number of anilines is 1. The molecule has 0 aliphatic carbocycles. The molecule has 2 N–H and O–H groups in total. The molecule has 0 spiro atoms. The smallest absolute Gasteiger partial charge is 0.257 e. The van der Waals surface area contributed by atoms with Crippen LogP contribution in [0.4, 0.5) is 19.0 Å². The molecule has 0 bridgehead atoms. The van der Waals surface area contributed by atoms with Crippen LogP contribution in [0.2, 0.25) is 0 Å². The van der Waals surface area contributed by atoms with Gasteiger partial charge >= 0.3 is 0 Å². The van der Waals surface area contributed by atoms with Gasteiger partial charge in [0.1, 0.15) is 12.4 Å². The molecule has 2 aliphatic heterocycles. The molecule has 1 aromatic carbocycles. The molecule has 2 amide bonds. The van der Waals surface area contributed by atoms with Gasteiger partial charge in [0.15, 0.2) is 5.82 Å². The van der Waals surface area contributed by atoms with Crippen LogP contribution in [0.5, 0.6) is 0 Å². The lowest BCUT2D eigenvalue weighted by atomic mass is 9.93. The van der Waals surface area contributed by atoms with Gasteiger partial charge in [-0.2, -0.15) is 5.10 Å². The molecular formula is C23H23F3N6O2. The van der Waals surface area contributed by atoms with Gasteiger partial charge < -0.3 is 15.5 Å². The second kappa shape index (κ2) is 8.30. The lowest BCUT2D eigenvalue weighted by Crippen LogP contribution is -2.49. The molecule has 3 aromatic rings. The summed E-state index contributed by atoms with van der Waals surface area (Å²) >= 11 is 0. The van der Waals surface area contributed by atoms with Crippen LogP contribution in [0.3, 0.4) is 0 Å². The standard InChI is InChI=1S/C23H23F3N6O2/c24-17-10-28-19(27)9-16(17)22(34)31-11-14(12-31)21-15-3-1-2-4-18(15)32(29-21)13-20(33)30-7-5-23(25,26)6-8-30/h1-4,9-10,14H,5-8,11-13H2,(H2,27,28). The Morgan fingerprint density at radius 1 is 1.12 bits per heavy atom. The monoisotopic (exact) mass is 472 g/mol. The molecule has 0 radical (unpaired) electrons. The van der Waals surface area contributed by atoms with Gasteiger partial charge in [0, 0.05) is 50.3 Å². The number of nitrogens with two attached hydrogens (primary N) is 1. The summed E-state index contributed by atoms with van der Waals surface area (Å²) < 4.78 is 42.5. The summed E-state index contributed by atoms with van der Waals surface area (Å²) in [5.74, 6) is -4.20. The molecule has 0 unspecified atom stereocenters. The first-order chi connectivity index (χ1) is 16.2. The van der Waals surface area contributed by atoms with Gasteiger partial charge in [0.25, 0.3) is 11.8 Å². The second-order valence-corrected chi connectivity index (χ2v) is 8.79. The number of halogens is 3. The minimum atomic E-state index is -2.72. The second-order valence-electron chi connectivity index (χ2n) is 8.79. The van der Waals surface area contributed by atoms with Crippen LogP contribution in [0.1, 0.15) is 34.8 Å². The van der Waals surface area contributed by atoms with Crippen molar-refractivity contribution < 1.29 is 22.8 Å². The van der Waals surface area contributed by atoms with Crippen molar-refractivity contribution in [3.8, 4) is 0 Å². The van der Waals surface area contributed by atoms with E-state index in [1.165, 1.54) is 15.9 Å². The predicted octanol–water partition coefficient (Wildman–Crippen LogP) is 2.65. The fourth-order valence-electron chi connectivity index (χ4n) is 4.49. The predicted molar refractivity (Wildman–Crippen MR) is 118 cm³/mol. The van der Waals surface area contributed by atoms with Gasteiger partial charge in [-0.3, -0.25) is 14.3 Å². The zero-order valence-electron chi connectivity index (χ0n) is 18.3. The van der Waals surface area contributed by atoms with Crippen molar-refractivity contribution in [3.63, 3.8) is 0 Å². The maximum atomic E-state index is 14.0. The van der Waals surface area contributed by atoms with Crippen molar-refractivity contribution in [2.45, 2.75) is 31.2 Å². The van der Waals surface area contributed by atoms with Crippen molar-refractivity contribution in [2.24, 2.45) is 0 Å². The van der Waals surface area contributed by atoms with Gasteiger partial charge in [-0.05, 0) is 12.1 Å². The maximum absolute atomic E-state index is 14.0. The Kier molecular flexibility index (Phi) is 5.41. The number of piperidine rings is 1. The van der Waals surface area contributed by atoms with E-state index in [0.717, 1.165) is 22.8 Å². The Hall–Kier alpha value is -3.63. The van der Waals surface area contributed by atoms with Crippen LogP contribution >= 0.6 is 0 Å². The Morgan fingerprint density at radius 2 is 1.82 bits per heavy atom. The molecule has 0 atom stereocenters. The number of rotatable bonds is 4. The molecule has 2 aromatic heterocycles. The van der Waals surface area contributed by atoms with E-state index in [0.29, 0.717) is 13.1 Å². The molecule has 2 aliphatic rings. The molecule has 4 heterocycles. The lowest BCUT2D eigenvalue weighted by molar-refractivity contribution is -0.138. The van der Waals surface area contributed by atoms with Crippen LogP contribution in [0.25, 0.3) is 10.9 Å². The largest absolute Gasteiger partial charge is 0.384 e. The van der Waals surface area contributed by atoms with Gasteiger partial charge in [-0.15, -0.1) is 0 Å². The minimum absolute atomic E-state index is 0.0215. The number of para-hydroxylation sites is 1. The van der Waals surface area contributed by atoms with Gasteiger partial charge in [-0.25, -0.2) is 18.2 Å². The zero-order valence-corrected chi connectivity index (χ0v) is 18.3. The van der Waals surface area contributed by atoms with Crippen molar-refractivity contribution in [1.29, 1.82) is 0 Å². The van der Waals surface area contributed by atoms with E-state index in [4.69, 9.17) is 5.73 Å². The number of nitrogen functional groups attached to an aromatic ring is 1. The highest BCUT2D eigenvalue weighted by Gasteiger charge is 2.37. The number of carbonyl (C=O) groups is 2. The maximum Gasteiger partial charge on any atom is 0.257 e. The fourth-order valence-corrected chi connectivity index (χ4v) is 4.49. The summed E-state index contributed by atoms with van der Waals surface area (Å²) in [5.41, 5.74) is 6.96. The van der Waals surface area contributed by atoms with E-state index < -0.39 is 17.6 Å². The summed E-state index contributed by atoms with van der Waals surface area (Å²) in [5, 5.41) is 5.51. The van der Waals surface area contributed by atoms with E-state index in [1.54, 1.807) is 4.68 Å². The summed E-state index contributed by atoms with van der Waals surface area (Å²) in [6.07, 6.45) is 0.258. The molecule has 11 heteroatoms. The van der Waals surface area contributed by atoms with Gasteiger partial charge in [0.05, 0.1) is 23.0 Å². The Balaban J connectivity index is 1.31. The number of aromatic nitrogens is 3. The SMILES string of the molecule is Nc1cc(C(=O)N2CC(c3nn(CC(=O)N4CCC(F)(F)CC4)c4ccccc34)C2)c(F)cn1. The molecular weight excluding hydrogens is 449 g/mol. The third kappa shape index (κ3) is 4.06. The Morgan fingerprint density at radius 3 is 2.56 bits per heavy atom. The van der Waals surface area contributed by atoms with Crippen LogP contribution in [-0.2, 0) is 11.3 Å².